The van der Waals surface area contributed by atoms with E-state index in [2.05, 4.69) is 10.5 Å². The number of amides is 1. The van der Waals surface area contributed by atoms with Crippen LogP contribution in [-0.2, 0) is 0 Å². The number of hydrogen-bond acceptors (Lipinski definition) is 5. The summed E-state index contributed by atoms with van der Waals surface area (Å²) in [5.74, 6) is 0.218. The average Bonchev–Trinajstić information content (AvgIpc) is 3.08. The van der Waals surface area contributed by atoms with Crippen LogP contribution in [0.4, 0.5) is 0 Å². The molecular weight excluding hydrogens is 272 g/mol. The molecule has 1 amide bonds. The Balaban J connectivity index is 1.85. The summed E-state index contributed by atoms with van der Waals surface area (Å²) in [7, 11) is 0. The SMILES string of the molecule is Cc1c(C(=O)N/N=C\c2ccco2)oc2cccc(O)c12. The van der Waals surface area contributed by atoms with Crippen LogP contribution in [0.2, 0.25) is 0 Å². The van der Waals surface area contributed by atoms with Crippen LogP contribution in [0.5, 0.6) is 5.75 Å². The maximum atomic E-state index is 12.0. The average molecular weight is 284 g/mol. The number of carbonyl (C=O) groups is 1. The van der Waals surface area contributed by atoms with Crippen LogP contribution >= 0.6 is 0 Å². The van der Waals surface area contributed by atoms with Crippen molar-refractivity contribution in [2.75, 3.05) is 0 Å². The third-order valence-corrected chi connectivity index (χ3v) is 3.04. The zero-order valence-electron chi connectivity index (χ0n) is 11.2. The molecule has 6 nitrogen and oxygen atoms in total. The second-order valence-electron chi connectivity index (χ2n) is 4.42. The van der Waals surface area contributed by atoms with E-state index < -0.39 is 5.91 Å². The summed E-state index contributed by atoms with van der Waals surface area (Å²) in [5, 5.41) is 14.1. The number of aryl methyl sites for hydroxylation is 1. The summed E-state index contributed by atoms with van der Waals surface area (Å²) in [5.41, 5.74) is 3.37. The Hall–Kier alpha value is -3.02. The number of hydrogen-bond donors (Lipinski definition) is 2. The standard InChI is InChI=1S/C15H12N2O4/c1-9-13-11(18)5-2-6-12(13)21-14(9)15(19)17-16-8-10-4-3-7-20-10/h2-8,18H,1H3,(H,17,19)/b16-8-. The van der Waals surface area contributed by atoms with Crippen molar-refractivity contribution in [2.45, 2.75) is 6.92 Å². The number of furan rings is 2. The van der Waals surface area contributed by atoms with Crippen molar-refractivity contribution in [1.82, 2.24) is 5.43 Å². The van der Waals surface area contributed by atoms with Crippen LogP contribution in [0.3, 0.4) is 0 Å². The minimum absolute atomic E-state index is 0.0758. The number of aromatic hydroxyl groups is 1. The number of fused-ring (bicyclic) bond motifs is 1. The van der Waals surface area contributed by atoms with Gasteiger partial charge >= 0.3 is 5.91 Å². The van der Waals surface area contributed by atoms with Crippen LogP contribution in [-0.4, -0.2) is 17.2 Å². The highest BCUT2D eigenvalue weighted by atomic mass is 16.4. The van der Waals surface area contributed by atoms with Crippen molar-refractivity contribution in [3.05, 3.63) is 53.7 Å². The van der Waals surface area contributed by atoms with Crippen LogP contribution in [0.15, 0.2) is 50.5 Å². The van der Waals surface area contributed by atoms with Gasteiger partial charge in [0.25, 0.3) is 0 Å². The van der Waals surface area contributed by atoms with E-state index in [1.807, 2.05) is 0 Å². The lowest BCUT2D eigenvalue weighted by atomic mass is 10.1. The number of hydrazone groups is 1. The van der Waals surface area contributed by atoms with E-state index in [9.17, 15) is 9.90 Å². The Morgan fingerprint density at radius 3 is 2.90 bits per heavy atom. The van der Waals surface area contributed by atoms with Crippen molar-refractivity contribution in [3.63, 3.8) is 0 Å². The van der Waals surface area contributed by atoms with Crippen LogP contribution < -0.4 is 5.43 Å². The molecule has 0 bridgehead atoms. The molecule has 21 heavy (non-hydrogen) atoms. The molecule has 6 heteroatoms. The summed E-state index contributed by atoms with van der Waals surface area (Å²) < 4.78 is 10.5. The highest BCUT2D eigenvalue weighted by Gasteiger charge is 2.19. The van der Waals surface area contributed by atoms with Crippen LogP contribution in [0.1, 0.15) is 21.9 Å². The highest BCUT2D eigenvalue weighted by molar-refractivity contribution is 6.00. The molecule has 0 fully saturated rings. The molecule has 0 unspecified atom stereocenters. The van der Waals surface area contributed by atoms with Gasteiger partial charge in [-0.05, 0) is 31.2 Å². The van der Waals surface area contributed by atoms with E-state index in [0.29, 0.717) is 22.3 Å². The molecule has 106 valence electrons. The van der Waals surface area contributed by atoms with E-state index in [4.69, 9.17) is 8.83 Å². The summed E-state index contributed by atoms with van der Waals surface area (Å²) >= 11 is 0. The molecule has 0 spiro atoms. The molecule has 2 heterocycles. The van der Waals surface area contributed by atoms with Gasteiger partial charge < -0.3 is 13.9 Å². The third kappa shape index (κ3) is 2.38. The van der Waals surface area contributed by atoms with Gasteiger partial charge in [0.05, 0.1) is 17.9 Å². The van der Waals surface area contributed by atoms with Gasteiger partial charge in [0.15, 0.2) is 5.76 Å². The molecule has 2 aromatic heterocycles. The summed E-state index contributed by atoms with van der Waals surface area (Å²) in [6.45, 7) is 1.71. The smallest absolute Gasteiger partial charge is 0.307 e. The Morgan fingerprint density at radius 2 is 2.19 bits per heavy atom. The molecule has 0 aliphatic heterocycles. The van der Waals surface area contributed by atoms with Crippen molar-refractivity contribution in [1.29, 1.82) is 0 Å². The predicted molar refractivity (Wildman–Crippen MR) is 76.4 cm³/mol. The Labute approximate surface area is 119 Å². The summed E-state index contributed by atoms with van der Waals surface area (Å²) in [6, 6.07) is 8.30. The number of benzene rings is 1. The Kier molecular flexibility index (Phi) is 3.19. The zero-order chi connectivity index (χ0) is 14.8. The van der Waals surface area contributed by atoms with E-state index >= 15 is 0 Å². The van der Waals surface area contributed by atoms with Gasteiger partial charge in [-0.25, -0.2) is 5.43 Å². The monoisotopic (exact) mass is 284 g/mol. The number of nitrogens with one attached hydrogen (secondary N) is 1. The fraction of sp³-hybridized carbons (Fsp3) is 0.0667. The minimum Gasteiger partial charge on any atom is -0.507 e. The van der Waals surface area contributed by atoms with Crippen molar-refractivity contribution < 1.29 is 18.7 Å². The normalized spacial score (nSPS) is 11.3. The molecule has 0 aliphatic carbocycles. The number of carbonyl (C=O) groups excluding carboxylic acids is 1. The van der Waals surface area contributed by atoms with Gasteiger partial charge in [-0.2, -0.15) is 5.10 Å². The van der Waals surface area contributed by atoms with Crippen LogP contribution in [0.25, 0.3) is 11.0 Å². The second-order valence-corrected chi connectivity index (χ2v) is 4.42. The lowest BCUT2D eigenvalue weighted by Gasteiger charge is -1.96. The molecule has 2 N–H and O–H groups in total. The van der Waals surface area contributed by atoms with Gasteiger partial charge in [0.2, 0.25) is 0 Å². The summed E-state index contributed by atoms with van der Waals surface area (Å²) in [6.07, 6.45) is 2.89. The molecule has 3 rings (SSSR count). The maximum Gasteiger partial charge on any atom is 0.307 e. The molecule has 0 aliphatic rings. The fourth-order valence-corrected chi connectivity index (χ4v) is 2.07. The van der Waals surface area contributed by atoms with Crippen molar-refractivity contribution in [2.24, 2.45) is 5.10 Å². The van der Waals surface area contributed by atoms with Gasteiger partial charge in [-0.15, -0.1) is 0 Å². The van der Waals surface area contributed by atoms with E-state index in [0.717, 1.165) is 0 Å². The molecule has 0 radical (unpaired) electrons. The quantitative estimate of drug-likeness (QED) is 0.571. The molecule has 1 aromatic carbocycles. The number of rotatable bonds is 3. The molecule has 0 atom stereocenters. The fourth-order valence-electron chi connectivity index (χ4n) is 2.07. The van der Waals surface area contributed by atoms with E-state index in [-0.39, 0.29) is 11.5 Å². The van der Waals surface area contributed by atoms with Gasteiger partial charge in [-0.1, -0.05) is 6.07 Å². The first kappa shape index (κ1) is 13.0. The minimum atomic E-state index is -0.495. The van der Waals surface area contributed by atoms with Gasteiger partial charge in [0, 0.05) is 5.56 Å². The van der Waals surface area contributed by atoms with Crippen LogP contribution in [0, 0.1) is 6.92 Å². The highest BCUT2D eigenvalue weighted by Crippen LogP contribution is 2.32. The van der Waals surface area contributed by atoms with Crippen molar-refractivity contribution in [3.8, 4) is 5.75 Å². The predicted octanol–water partition coefficient (Wildman–Crippen LogP) is 2.80. The lowest BCUT2D eigenvalue weighted by Crippen LogP contribution is -2.17. The van der Waals surface area contributed by atoms with Gasteiger partial charge in [0.1, 0.15) is 17.1 Å². The maximum absolute atomic E-state index is 12.0. The topological polar surface area (TPSA) is 88.0 Å². The first-order valence-corrected chi connectivity index (χ1v) is 6.25. The Morgan fingerprint density at radius 1 is 1.33 bits per heavy atom. The molecule has 3 aromatic rings. The first-order chi connectivity index (χ1) is 10.2. The number of phenolic OH excluding ortho intramolecular Hbond substituents is 1. The molecule has 0 saturated heterocycles. The molecular formula is C15H12N2O4. The third-order valence-electron chi connectivity index (χ3n) is 3.04. The summed E-state index contributed by atoms with van der Waals surface area (Å²) in [4.78, 5) is 12.0. The first-order valence-electron chi connectivity index (χ1n) is 6.25. The number of nitrogens with zero attached hydrogens (tertiary/aromatic N) is 1. The Bertz CT molecular complexity index is 816. The second kappa shape index (κ2) is 5.16. The number of phenols is 1. The van der Waals surface area contributed by atoms with Crippen molar-refractivity contribution >= 4 is 23.1 Å². The van der Waals surface area contributed by atoms with Gasteiger partial charge in [-0.3, -0.25) is 4.79 Å². The largest absolute Gasteiger partial charge is 0.507 e. The zero-order valence-corrected chi connectivity index (χ0v) is 11.2. The van der Waals surface area contributed by atoms with E-state index in [1.54, 1.807) is 37.3 Å². The lowest BCUT2D eigenvalue weighted by molar-refractivity contribution is 0.0929. The van der Waals surface area contributed by atoms with E-state index in [1.165, 1.54) is 12.5 Å². The molecule has 0 saturated carbocycles.